The first-order valence-electron chi connectivity index (χ1n) is 4.87. The van der Waals surface area contributed by atoms with Gasteiger partial charge in [-0.1, -0.05) is 6.92 Å². The molecule has 4 nitrogen and oxygen atoms in total. The van der Waals surface area contributed by atoms with Gasteiger partial charge in [-0.15, -0.1) is 11.8 Å². The summed E-state index contributed by atoms with van der Waals surface area (Å²) in [6.07, 6.45) is 0.892. The van der Waals surface area contributed by atoms with Crippen molar-refractivity contribution in [3.63, 3.8) is 0 Å². The Morgan fingerprint density at radius 2 is 2.27 bits per heavy atom. The summed E-state index contributed by atoms with van der Waals surface area (Å²) in [6, 6.07) is 3.91. The van der Waals surface area contributed by atoms with Crippen LogP contribution < -0.4 is 11.3 Å². The van der Waals surface area contributed by atoms with Crippen LogP contribution in [-0.2, 0) is 17.0 Å². The number of furan rings is 1. The summed E-state index contributed by atoms with van der Waals surface area (Å²) < 4.78 is 5.51. The molecule has 5 heteroatoms. The summed E-state index contributed by atoms with van der Waals surface area (Å²) in [5, 5.41) is -0.162. The Hall–Kier alpha value is -0.940. The lowest BCUT2D eigenvalue weighted by molar-refractivity contribution is -0.120. The molecule has 0 spiro atoms. The van der Waals surface area contributed by atoms with Gasteiger partial charge >= 0.3 is 0 Å². The van der Waals surface area contributed by atoms with Gasteiger partial charge in [0.25, 0.3) is 0 Å². The Balaban J connectivity index is 2.39. The zero-order chi connectivity index (χ0) is 11.3. The van der Waals surface area contributed by atoms with E-state index in [4.69, 9.17) is 10.3 Å². The van der Waals surface area contributed by atoms with Crippen LogP contribution in [0.5, 0.6) is 0 Å². The molecule has 0 aliphatic carbocycles. The molecule has 0 saturated heterocycles. The molecule has 1 aromatic rings. The monoisotopic (exact) mass is 228 g/mol. The van der Waals surface area contributed by atoms with Gasteiger partial charge in [0.2, 0.25) is 5.91 Å². The summed E-state index contributed by atoms with van der Waals surface area (Å²) in [5.74, 6) is 7.43. The van der Waals surface area contributed by atoms with E-state index in [1.807, 2.05) is 26.0 Å². The Morgan fingerprint density at radius 3 is 2.80 bits per heavy atom. The molecule has 1 rings (SSSR count). The molecule has 1 heterocycles. The molecule has 3 N–H and O–H groups in total. The second kappa shape index (κ2) is 5.82. The van der Waals surface area contributed by atoms with Gasteiger partial charge in [0.05, 0.1) is 11.0 Å². The summed E-state index contributed by atoms with van der Waals surface area (Å²) in [4.78, 5) is 11.1. The third kappa shape index (κ3) is 3.60. The van der Waals surface area contributed by atoms with Gasteiger partial charge in [0.15, 0.2) is 0 Å². The van der Waals surface area contributed by atoms with Crippen molar-refractivity contribution in [2.24, 2.45) is 5.84 Å². The smallest absolute Gasteiger partial charge is 0.246 e. The summed E-state index contributed by atoms with van der Waals surface area (Å²) in [5.41, 5.74) is 2.13. The van der Waals surface area contributed by atoms with Crippen LogP contribution in [0.1, 0.15) is 25.4 Å². The lowest BCUT2D eigenvalue weighted by Gasteiger charge is -2.07. The third-order valence-corrected chi connectivity index (χ3v) is 3.22. The van der Waals surface area contributed by atoms with E-state index in [-0.39, 0.29) is 11.2 Å². The number of carbonyl (C=O) groups is 1. The van der Waals surface area contributed by atoms with Crippen LogP contribution in [0.25, 0.3) is 0 Å². The summed E-state index contributed by atoms with van der Waals surface area (Å²) >= 11 is 1.50. The van der Waals surface area contributed by atoms with Gasteiger partial charge in [0, 0.05) is 6.42 Å². The molecule has 0 saturated carbocycles. The quantitative estimate of drug-likeness (QED) is 0.455. The Kier molecular flexibility index (Phi) is 4.71. The van der Waals surface area contributed by atoms with E-state index < -0.39 is 0 Å². The molecule has 0 fully saturated rings. The van der Waals surface area contributed by atoms with Gasteiger partial charge in [-0.05, 0) is 19.1 Å². The Bertz CT molecular complexity index is 325. The van der Waals surface area contributed by atoms with E-state index in [2.05, 4.69) is 5.43 Å². The molecular formula is C10H16N2O2S. The average Bonchev–Trinajstić information content (AvgIpc) is 2.72. The van der Waals surface area contributed by atoms with Crippen LogP contribution in [0.15, 0.2) is 16.5 Å². The van der Waals surface area contributed by atoms with E-state index in [1.165, 1.54) is 11.8 Å². The SMILES string of the molecule is CCc1ccc(CSC(C)C(=O)NN)o1. The topological polar surface area (TPSA) is 68.3 Å². The van der Waals surface area contributed by atoms with E-state index in [0.717, 1.165) is 17.9 Å². The molecule has 0 aliphatic rings. The molecule has 84 valence electrons. The van der Waals surface area contributed by atoms with Crippen LogP contribution in [0.4, 0.5) is 0 Å². The molecule has 1 amide bonds. The molecule has 0 aromatic carbocycles. The van der Waals surface area contributed by atoms with Crippen molar-refractivity contribution in [1.82, 2.24) is 5.43 Å². The van der Waals surface area contributed by atoms with Crippen LogP contribution in [0.3, 0.4) is 0 Å². The van der Waals surface area contributed by atoms with Crippen LogP contribution in [0, 0.1) is 0 Å². The minimum absolute atomic E-state index is 0.162. The number of nitrogens with one attached hydrogen (secondary N) is 1. The zero-order valence-electron chi connectivity index (χ0n) is 8.95. The van der Waals surface area contributed by atoms with E-state index >= 15 is 0 Å². The van der Waals surface area contributed by atoms with Crippen molar-refractivity contribution in [3.8, 4) is 0 Å². The maximum atomic E-state index is 11.1. The fraction of sp³-hybridized carbons (Fsp3) is 0.500. The van der Waals surface area contributed by atoms with E-state index in [9.17, 15) is 4.79 Å². The van der Waals surface area contributed by atoms with Crippen molar-refractivity contribution >= 4 is 17.7 Å². The minimum Gasteiger partial charge on any atom is -0.465 e. The number of nitrogens with two attached hydrogens (primary N) is 1. The first-order chi connectivity index (χ1) is 7.17. The first-order valence-corrected chi connectivity index (χ1v) is 5.92. The predicted octanol–water partition coefficient (Wildman–Crippen LogP) is 1.45. The standard InChI is InChI=1S/C10H16N2O2S/c1-3-8-4-5-9(14-8)6-15-7(2)10(13)12-11/h4-5,7H,3,6,11H2,1-2H3,(H,12,13). The largest absolute Gasteiger partial charge is 0.465 e. The van der Waals surface area contributed by atoms with Crippen molar-refractivity contribution < 1.29 is 9.21 Å². The van der Waals surface area contributed by atoms with Crippen LogP contribution >= 0.6 is 11.8 Å². The number of hydrazine groups is 1. The van der Waals surface area contributed by atoms with Crippen molar-refractivity contribution in [2.75, 3.05) is 0 Å². The molecule has 1 aromatic heterocycles. The molecule has 0 bridgehead atoms. The van der Waals surface area contributed by atoms with Crippen LogP contribution in [-0.4, -0.2) is 11.2 Å². The highest BCUT2D eigenvalue weighted by atomic mass is 32.2. The highest BCUT2D eigenvalue weighted by molar-refractivity contribution is 7.99. The van der Waals surface area contributed by atoms with E-state index in [0.29, 0.717) is 5.75 Å². The lowest BCUT2D eigenvalue weighted by Crippen LogP contribution is -2.36. The molecule has 1 unspecified atom stereocenters. The van der Waals surface area contributed by atoms with Gasteiger partial charge in [0.1, 0.15) is 11.5 Å². The first kappa shape index (κ1) is 12.1. The second-order valence-corrected chi connectivity index (χ2v) is 4.51. The number of thioether (sulfide) groups is 1. The molecule has 1 atom stereocenters. The highest BCUT2D eigenvalue weighted by Gasteiger charge is 2.12. The van der Waals surface area contributed by atoms with Crippen molar-refractivity contribution in [2.45, 2.75) is 31.3 Å². The maximum Gasteiger partial charge on any atom is 0.246 e. The van der Waals surface area contributed by atoms with Gasteiger partial charge in [-0.3, -0.25) is 10.2 Å². The van der Waals surface area contributed by atoms with Gasteiger partial charge < -0.3 is 4.42 Å². The Labute approximate surface area is 93.6 Å². The van der Waals surface area contributed by atoms with Crippen molar-refractivity contribution in [1.29, 1.82) is 0 Å². The highest BCUT2D eigenvalue weighted by Crippen LogP contribution is 2.19. The number of hydrogen-bond donors (Lipinski definition) is 2. The second-order valence-electron chi connectivity index (χ2n) is 3.18. The predicted molar refractivity (Wildman–Crippen MR) is 61.2 cm³/mol. The molecular weight excluding hydrogens is 212 g/mol. The van der Waals surface area contributed by atoms with Crippen LogP contribution in [0.2, 0.25) is 0 Å². The fourth-order valence-corrected chi connectivity index (χ4v) is 1.88. The third-order valence-electron chi connectivity index (χ3n) is 2.05. The zero-order valence-corrected chi connectivity index (χ0v) is 9.76. The summed E-state index contributed by atoms with van der Waals surface area (Å²) in [6.45, 7) is 3.86. The van der Waals surface area contributed by atoms with Gasteiger partial charge in [-0.2, -0.15) is 0 Å². The Morgan fingerprint density at radius 1 is 1.60 bits per heavy atom. The number of hydrogen-bond acceptors (Lipinski definition) is 4. The number of carbonyl (C=O) groups excluding carboxylic acids is 1. The summed E-state index contributed by atoms with van der Waals surface area (Å²) in [7, 11) is 0. The average molecular weight is 228 g/mol. The van der Waals surface area contributed by atoms with Crippen molar-refractivity contribution in [3.05, 3.63) is 23.7 Å². The molecule has 15 heavy (non-hydrogen) atoms. The molecule has 0 aliphatic heterocycles. The fourth-order valence-electron chi connectivity index (χ4n) is 1.09. The van der Waals surface area contributed by atoms with E-state index in [1.54, 1.807) is 0 Å². The number of amides is 1. The number of aryl methyl sites for hydroxylation is 1. The minimum atomic E-state index is -0.165. The maximum absolute atomic E-state index is 11.1. The van der Waals surface area contributed by atoms with Gasteiger partial charge in [-0.25, -0.2) is 5.84 Å². The number of rotatable bonds is 5. The lowest BCUT2D eigenvalue weighted by atomic mass is 10.4. The normalized spacial score (nSPS) is 12.5. The molecule has 0 radical (unpaired) electrons.